The number of hydrogen-bond acceptors (Lipinski definition) is 1. The van der Waals surface area contributed by atoms with Crippen LogP contribution in [0.5, 0.6) is 0 Å². The smallest absolute Gasteiger partial charge is 0.143 e. The average molecular weight is 446 g/mol. The fraction of sp³-hybridized carbons (Fsp3) is 0.0769. The van der Waals surface area contributed by atoms with E-state index < -0.39 is 13.7 Å². The summed E-state index contributed by atoms with van der Waals surface area (Å²) in [6.07, 6.45) is 1.43. The first-order chi connectivity index (χ1) is 14.6. The van der Waals surface area contributed by atoms with Gasteiger partial charge in [-0.05, 0) is 23.3 Å². The van der Waals surface area contributed by atoms with Crippen molar-refractivity contribution in [2.75, 3.05) is 12.3 Å². The zero-order valence-corrected chi connectivity index (χ0v) is 19.6. The zero-order chi connectivity index (χ0) is 20.9. The second-order valence-corrected chi connectivity index (χ2v) is 15.7. The highest BCUT2D eigenvalue weighted by Gasteiger charge is 2.30. The van der Waals surface area contributed by atoms with Crippen molar-refractivity contribution in [3.63, 3.8) is 0 Å². The number of hydrogen-bond donors (Lipinski definition) is 0. The number of benzene rings is 4. The van der Waals surface area contributed by atoms with Crippen LogP contribution in [0.3, 0.4) is 0 Å². The Hall–Kier alpha value is -2.16. The lowest BCUT2D eigenvalue weighted by atomic mass is 10.4. The van der Waals surface area contributed by atoms with Crippen LogP contribution in [0.4, 0.5) is 0 Å². The highest BCUT2D eigenvalue weighted by Crippen LogP contribution is 2.54. The van der Waals surface area contributed by atoms with E-state index in [2.05, 4.69) is 57.1 Å². The van der Waals surface area contributed by atoms with Crippen LogP contribution in [-0.2, 0) is 4.57 Å². The van der Waals surface area contributed by atoms with E-state index in [1.165, 1.54) is 10.6 Å². The van der Waals surface area contributed by atoms with Crippen LogP contribution in [-0.4, -0.2) is 12.3 Å². The first kappa shape index (κ1) is 21.1. The van der Waals surface area contributed by atoms with Crippen LogP contribution >= 0.6 is 22.2 Å². The van der Waals surface area contributed by atoms with Crippen molar-refractivity contribution in [1.29, 1.82) is 0 Å². The van der Waals surface area contributed by atoms with E-state index in [9.17, 15) is 4.57 Å². The molecule has 0 heterocycles. The topological polar surface area (TPSA) is 17.1 Å². The minimum Gasteiger partial charge on any atom is -0.314 e. The summed E-state index contributed by atoms with van der Waals surface area (Å²) >= 11 is 0. The molecule has 4 heteroatoms. The second kappa shape index (κ2) is 9.32. The Bertz CT molecular complexity index is 990. The van der Waals surface area contributed by atoms with Crippen LogP contribution in [0.1, 0.15) is 0 Å². The Kier molecular flexibility index (Phi) is 6.55. The maximum Gasteiger partial charge on any atom is 0.143 e. The summed E-state index contributed by atoms with van der Waals surface area (Å²) in [5.41, 5.74) is 0. The first-order valence-electron chi connectivity index (χ1n) is 10.1. The van der Waals surface area contributed by atoms with Gasteiger partial charge in [0.25, 0.3) is 0 Å². The van der Waals surface area contributed by atoms with Crippen LogP contribution in [0.15, 0.2) is 121 Å². The predicted molar refractivity (Wildman–Crippen MR) is 137 cm³/mol. The van der Waals surface area contributed by atoms with Crippen molar-refractivity contribution in [3.8, 4) is 0 Å². The molecule has 1 nitrogen and oxygen atoms in total. The molecule has 150 valence electrons. The molecule has 4 aromatic carbocycles. The van der Waals surface area contributed by atoms with Gasteiger partial charge in [0.05, 0.1) is 0 Å². The lowest BCUT2D eigenvalue weighted by Gasteiger charge is -2.28. The van der Waals surface area contributed by atoms with Crippen molar-refractivity contribution in [2.24, 2.45) is 0 Å². The molecule has 0 atom stereocenters. The van der Waals surface area contributed by atoms with Gasteiger partial charge >= 0.3 is 0 Å². The first-order valence-corrected chi connectivity index (χ1v) is 15.3. The van der Waals surface area contributed by atoms with Crippen LogP contribution in [0.2, 0.25) is 0 Å². The summed E-state index contributed by atoms with van der Waals surface area (Å²) in [5.74, 6) is 0. The van der Waals surface area contributed by atoms with E-state index in [1.54, 1.807) is 0 Å². The quantitative estimate of drug-likeness (QED) is 0.332. The highest BCUT2D eigenvalue weighted by atomic mass is 31.8. The normalized spacial score (nSPS) is 11.9. The molecule has 0 radical (unpaired) electrons. The third-order valence-electron chi connectivity index (χ3n) is 5.49. The van der Waals surface area contributed by atoms with Crippen molar-refractivity contribution in [1.82, 2.24) is 0 Å². The molecule has 0 saturated heterocycles. The average Bonchev–Trinajstić information content (AvgIpc) is 2.84. The summed E-state index contributed by atoms with van der Waals surface area (Å²) in [6, 6.07) is 41.1. The van der Waals surface area contributed by atoms with E-state index >= 15 is 0 Å². The molecule has 0 saturated carbocycles. The van der Waals surface area contributed by atoms with Gasteiger partial charge in [-0.25, -0.2) is 0 Å². The van der Waals surface area contributed by atoms with Gasteiger partial charge in [-0.3, -0.25) is 0 Å². The van der Waals surface area contributed by atoms with Gasteiger partial charge in [-0.1, -0.05) is 121 Å². The molecular formula is C26H25OP3. The maximum absolute atomic E-state index is 14.5. The monoisotopic (exact) mass is 446 g/mol. The second-order valence-electron chi connectivity index (χ2n) is 7.34. The molecule has 0 bridgehead atoms. The summed E-state index contributed by atoms with van der Waals surface area (Å²) in [4.78, 5) is 0. The summed E-state index contributed by atoms with van der Waals surface area (Å²) < 4.78 is 14.5. The van der Waals surface area contributed by atoms with Gasteiger partial charge in [-0.15, -0.1) is 8.53 Å². The molecule has 30 heavy (non-hydrogen) atoms. The van der Waals surface area contributed by atoms with Gasteiger partial charge in [0.2, 0.25) is 0 Å². The van der Waals surface area contributed by atoms with Gasteiger partial charge in [-0.2, -0.15) is 0 Å². The standard InChI is InChI=1S/C26H25OP3/c27-29(23-13-5-1-6-14-23,24-15-7-2-8-16-24)21-22-30(28,25-17-9-3-10-18-25)26-19-11-4-12-20-26/h1-20,28H,21-22H2. The molecule has 0 N–H and O–H groups in total. The fourth-order valence-electron chi connectivity index (χ4n) is 3.81. The van der Waals surface area contributed by atoms with Crippen molar-refractivity contribution in [2.45, 2.75) is 0 Å². The molecule has 0 unspecified atom stereocenters. The van der Waals surface area contributed by atoms with Gasteiger partial charge in [0.15, 0.2) is 0 Å². The lowest BCUT2D eigenvalue weighted by molar-refractivity contribution is 0.588. The van der Waals surface area contributed by atoms with E-state index in [0.717, 1.165) is 16.8 Å². The summed E-state index contributed by atoms with van der Waals surface area (Å²) in [6.45, 7) is -1.88. The van der Waals surface area contributed by atoms with Crippen LogP contribution in [0.25, 0.3) is 0 Å². The molecule has 0 amide bonds. The lowest BCUT2D eigenvalue weighted by Crippen LogP contribution is -2.24. The van der Waals surface area contributed by atoms with Gasteiger partial charge in [0, 0.05) is 16.8 Å². The minimum absolute atomic E-state index is 0.613. The van der Waals surface area contributed by atoms with Crippen molar-refractivity contribution in [3.05, 3.63) is 121 Å². The Morgan fingerprint density at radius 3 is 1.10 bits per heavy atom. The third-order valence-corrected chi connectivity index (χ3v) is 14.4. The largest absolute Gasteiger partial charge is 0.314 e. The molecule has 0 aromatic heterocycles. The Labute approximate surface area is 181 Å². The molecule has 0 aliphatic heterocycles. The predicted octanol–water partition coefficient (Wildman–Crippen LogP) is 5.73. The number of rotatable bonds is 7. The Morgan fingerprint density at radius 1 is 0.467 bits per heavy atom. The van der Waals surface area contributed by atoms with E-state index in [-0.39, 0.29) is 0 Å². The molecule has 4 aromatic rings. The molecule has 0 aliphatic carbocycles. The molecule has 0 aliphatic rings. The Morgan fingerprint density at radius 2 is 0.767 bits per heavy atom. The third kappa shape index (κ3) is 4.31. The van der Waals surface area contributed by atoms with Crippen molar-refractivity contribution >= 4 is 43.4 Å². The van der Waals surface area contributed by atoms with Gasteiger partial charge < -0.3 is 4.57 Å². The SMILES string of the molecule is O=P(CCP(=P)(c1ccccc1)c1ccccc1)(c1ccccc1)c1ccccc1. The van der Waals surface area contributed by atoms with E-state index in [1.807, 2.05) is 72.8 Å². The maximum atomic E-state index is 14.5. The van der Waals surface area contributed by atoms with E-state index in [4.69, 9.17) is 0 Å². The zero-order valence-electron chi connectivity index (χ0n) is 16.8. The highest BCUT2D eigenvalue weighted by molar-refractivity contribution is 8.08. The molecule has 4 rings (SSSR count). The Balaban J connectivity index is 1.78. The molecule has 0 fully saturated rings. The fourth-order valence-corrected chi connectivity index (χ4v) is 12.2. The molecular weight excluding hydrogens is 421 g/mol. The summed E-state index contributed by atoms with van der Waals surface area (Å²) in [5, 5.41) is 4.41. The van der Waals surface area contributed by atoms with Crippen molar-refractivity contribution < 1.29 is 4.57 Å². The van der Waals surface area contributed by atoms with Gasteiger partial charge in [0.1, 0.15) is 7.14 Å². The van der Waals surface area contributed by atoms with Crippen LogP contribution in [0, 0.1) is 0 Å². The van der Waals surface area contributed by atoms with E-state index in [0.29, 0.717) is 6.16 Å². The molecule has 0 spiro atoms. The summed E-state index contributed by atoms with van der Waals surface area (Å²) in [7, 11) is 1.49. The minimum atomic E-state index is -2.76. The van der Waals surface area contributed by atoms with Crippen LogP contribution < -0.4 is 21.2 Å².